The standard InChI is InChI=1S/C14H20N2O4S/c1-4-21(18,19)15-8-14(17)16-9-11(3)20-13-7-10(2)5-6-12(13)16/h5-7,11,15H,4,8-9H2,1-3H3/t11-/m1/s1. The maximum absolute atomic E-state index is 12.3. The third-order valence-electron chi connectivity index (χ3n) is 3.30. The van der Waals surface area contributed by atoms with Gasteiger partial charge in [-0.15, -0.1) is 0 Å². The number of amides is 1. The van der Waals surface area contributed by atoms with Crippen LogP contribution in [0.15, 0.2) is 18.2 Å². The van der Waals surface area contributed by atoms with Crippen LogP contribution < -0.4 is 14.4 Å². The molecule has 1 N–H and O–H groups in total. The van der Waals surface area contributed by atoms with Crippen molar-refractivity contribution in [3.63, 3.8) is 0 Å². The smallest absolute Gasteiger partial charge is 0.242 e. The van der Waals surface area contributed by atoms with E-state index < -0.39 is 10.0 Å². The molecule has 0 unspecified atom stereocenters. The van der Waals surface area contributed by atoms with Gasteiger partial charge in [0.1, 0.15) is 11.9 Å². The number of anilines is 1. The first-order chi connectivity index (χ1) is 9.82. The Kier molecular flexibility index (Phi) is 4.53. The summed E-state index contributed by atoms with van der Waals surface area (Å²) in [6, 6.07) is 5.60. The average molecular weight is 312 g/mol. The fourth-order valence-electron chi connectivity index (χ4n) is 2.15. The summed E-state index contributed by atoms with van der Waals surface area (Å²) in [6.45, 7) is 5.52. The van der Waals surface area contributed by atoms with Crippen LogP contribution in [0, 0.1) is 6.92 Å². The summed E-state index contributed by atoms with van der Waals surface area (Å²) < 4.78 is 30.9. The van der Waals surface area contributed by atoms with Crippen LogP contribution in [0.4, 0.5) is 5.69 Å². The van der Waals surface area contributed by atoms with E-state index in [1.54, 1.807) is 4.90 Å². The number of hydrogen-bond acceptors (Lipinski definition) is 4. The molecule has 7 heteroatoms. The summed E-state index contributed by atoms with van der Waals surface area (Å²) in [5.41, 5.74) is 1.72. The van der Waals surface area contributed by atoms with E-state index in [9.17, 15) is 13.2 Å². The lowest BCUT2D eigenvalue weighted by atomic mass is 10.1. The maximum Gasteiger partial charge on any atom is 0.242 e. The van der Waals surface area contributed by atoms with E-state index in [0.717, 1.165) is 5.56 Å². The Morgan fingerprint density at radius 1 is 1.48 bits per heavy atom. The number of carbonyl (C=O) groups is 1. The van der Waals surface area contributed by atoms with Gasteiger partial charge in [-0.25, -0.2) is 13.1 Å². The molecule has 1 aromatic rings. The quantitative estimate of drug-likeness (QED) is 0.901. The van der Waals surface area contributed by atoms with E-state index in [2.05, 4.69) is 4.72 Å². The lowest BCUT2D eigenvalue weighted by molar-refractivity contribution is -0.118. The molecule has 0 fully saturated rings. The molecule has 2 rings (SSSR count). The first kappa shape index (κ1) is 15.8. The zero-order chi connectivity index (χ0) is 15.6. The average Bonchev–Trinajstić information content (AvgIpc) is 2.43. The van der Waals surface area contributed by atoms with Crippen LogP contribution in [0.1, 0.15) is 19.4 Å². The van der Waals surface area contributed by atoms with Gasteiger partial charge in [-0.2, -0.15) is 0 Å². The van der Waals surface area contributed by atoms with Crippen LogP contribution in [0.3, 0.4) is 0 Å². The fraction of sp³-hybridized carbons (Fsp3) is 0.500. The Balaban J connectivity index is 2.19. The highest BCUT2D eigenvalue weighted by molar-refractivity contribution is 7.89. The van der Waals surface area contributed by atoms with Gasteiger partial charge >= 0.3 is 0 Å². The SMILES string of the molecule is CCS(=O)(=O)NCC(=O)N1C[C@@H](C)Oc2cc(C)ccc21. The molecule has 0 bridgehead atoms. The molecule has 116 valence electrons. The minimum Gasteiger partial charge on any atom is -0.487 e. The molecule has 1 heterocycles. The molecule has 6 nitrogen and oxygen atoms in total. The highest BCUT2D eigenvalue weighted by Crippen LogP contribution is 2.34. The van der Waals surface area contributed by atoms with Crippen molar-refractivity contribution in [3.8, 4) is 5.75 Å². The number of rotatable bonds is 4. The molecule has 0 spiro atoms. The second-order valence-electron chi connectivity index (χ2n) is 5.13. The number of sulfonamides is 1. The van der Waals surface area contributed by atoms with Crippen molar-refractivity contribution in [2.45, 2.75) is 26.9 Å². The molecule has 1 atom stereocenters. The van der Waals surface area contributed by atoms with Crippen molar-refractivity contribution in [3.05, 3.63) is 23.8 Å². The molecule has 1 aliphatic rings. The van der Waals surface area contributed by atoms with Crippen molar-refractivity contribution < 1.29 is 17.9 Å². The first-order valence-corrected chi connectivity index (χ1v) is 8.52. The number of nitrogens with zero attached hydrogens (tertiary/aromatic N) is 1. The summed E-state index contributed by atoms with van der Waals surface area (Å²) in [5, 5.41) is 0. The summed E-state index contributed by atoms with van der Waals surface area (Å²) in [5.74, 6) is 0.322. The van der Waals surface area contributed by atoms with Gasteiger partial charge < -0.3 is 9.64 Å². The van der Waals surface area contributed by atoms with Gasteiger partial charge in [0.2, 0.25) is 15.9 Å². The second kappa shape index (κ2) is 6.03. The van der Waals surface area contributed by atoms with E-state index >= 15 is 0 Å². The number of fused-ring (bicyclic) bond motifs is 1. The Morgan fingerprint density at radius 2 is 2.19 bits per heavy atom. The van der Waals surface area contributed by atoms with Crippen LogP contribution in [0.25, 0.3) is 0 Å². The Bertz CT molecular complexity index is 642. The van der Waals surface area contributed by atoms with Gasteiger partial charge in [0.15, 0.2) is 0 Å². The van der Waals surface area contributed by atoms with Crippen molar-refractivity contribution in [1.82, 2.24) is 4.72 Å². The third-order valence-corrected chi connectivity index (χ3v) is 4.64. The predicted molar refractivity (Wildman–Crippen MR) is 81.1 cm³/mol. The molecular formula is C14H20N2O4S. The topological polar surface area (TPSA) is 75.7 Å². The predicted octanol–water partition coefficient (Wildman–Crippen LogP) is 1.05. The molecule has 0 aromatic heterocycles. The summed E-state index contributed by atoms with van der Waals surface area (Å²) >= 11 is 0. The monoisotopic (exact) mass is 312 g/mol. The number of hydrogen-bond donors (Lipinski definition) is 1. The van der Waals surface area contributed by atoms with Crippen LogP contribution in [0.5, 0.6) is 5.75 Å². The molecule has 21 heavy (non-hydrogen) atoms. The Labute approximate surface area is 125 Å². The van der Waals surface area contributed by atoms with Gasteiger partial charge in [-0.05, 0) is 38.5 Å². The zero-order valence-corrected chi connectivity index (χ0v) is 13.2. The maximum atomic E-state index is 12.3. The summed E-state index contributed by atoms with van der Waals surface area (Å²) in [6.07, 6.45) is -0.133. The van der Waals surface area contributed by atoms with Crippen molar-refractivity contribution in [2.75, 3.05) is 23.7 Å². The lowest BCUT2D eigenvalue weighted by Crippen LogP contribution is -2.46. The van der Waals surface area contributed by atoms with Gasteiger partial charge in [0, 0.05) is 0 Å². The zero-order valence-electron chi connectivity index (χ0n) is 12.4. The number of ether oxygens (including phenoxy) is 1. The summed E-state index contributed by atoms with van der Waals surface area (Å²) in [7, 11) is -3.38. The van der Waals surface area contributed by atoms with E-state index in [4.69, 9.17) is 4.74 Å². The molecule has 0 saturated carbocycles. The second-order valence-corrected chi connectivity index (χ2v) is 7.22. The van der Waals surface area contributed by atoms with Crippen LogP contribution >= 0.6 is 0 Å². The highest BCUT2D eigenvalue weighted by Gasteiger charge is 2.28. The molecule has 1 amide bonds. The van der Waals surface area contributed by atoms with E-state index in [1.807, 2.05) is 32.0 Å². The molecule has 0 saturated heterocycles. The Hall–Kier alpha value is -1.60. The third kappa shape index (κ3) is 3.74. The number of nitrogens with one attached hydrogen (secondary N) is 1. The van der Waals surface area contributed by atoms with Crippen molar-refractivity contribution in [2.24, 2.45) is 0 Å². The minimum absolute atomic E-state index is 0.0461. The number of aryl methyl sites for hydroxylation is 1. The molecule has 0 aliphatic carbocycles. The summed E-state index contributed by atoms with van der Waals surface area (Å²) in [4.78, 5) is 13.9. The fourth-order valence-corrected chi connectivity index (χ4v) is 2.70. The van der Waals surface area contributed by atoms with Crippen LogP contribution in [0.2, 0.25) is 0 Å². The van der Waals surface area contributed by atoms with Crippen molar-refractivity contribution in [1.29, 1.82) is 0 Å². The Morgan fingerprint density at radius 3 is 2.86 bits per heavy atom. The van der Waals surface area contributed by atoms with Gasteiger partial charge in [0.05, 0.1) is 24.5 Å². The number of benzene rings is 1. The first-order valence-electron chi connectivity index (χ1n) is 6.87. The largest absolute Gasteiger partial charge is 0.487 e. The lowest BCUT2D eigenvalue weighted by Gasteiger charge is -2.33. The van der Waals surface area contributed by atoms with Gasteiger partial charge in [0.25, 0.3) is 0 Å². The van der Waals surface area contributed by atoms with Crippen LogP contribution in [-0.4, -0.2) is 39.3 Å². The molecule has 1 aliphatic heterocycles. The van der Waals surface area contributed by atoms with Crippen molar-refractivity contribution >= 4 is 21.6 Å². The van der Waals surface area contributed by atoms with Crippen LogP contribution in [-0.2, 0) is 14.8 Å². The number of carbonyl (C=O) groups excluding carboxylic acids is 1. The van der Waals surface area contributed by atoms with E-state index in [0.29, 0.717) is 18.0 Å². The van der Waals surface area contributed by atoms with E-state index in [-0.39, 0.29) is 24.3 Å². The van der Waals surface area contributed by atoms with E-state index in [1.165, 1.54) is 6.92 Å². The molecule has 1 aromatic carbocycles. The van der Waals surface area contributed by atoms with Gasteiger partial charge in [-0.1, -0.05) is 6.07 Å². The normalized spacial score (nSPS) is 18.0. The van der Waals surface area contributed by atoms with Gasteiger partial charge in [-0.3, -0.25) is 4.79 Å². The minimum atomic E-state index is -3.38. The highest BCUT2D eigenvalue weighted by atomic mass is 32.2. The molecular weight excluding hydrogens is 292 g/mol. The molecule has 0 radical (unpaired) electrons.